The van der Waals surface area contributed by atoms with E-state index in [2.05, 4.69) is 24.1 Å². The number of carbonyl (C=O) groups is 2. The van der Waals surface area contributed by atoms with Crippen LogP contribution in [0.4, 0.5) is 0 Å². The lowest BCUT2D eigenvalue weighted by atomic mass is 9.96. The number of carbonyl (C=O) groups excluding carboxylic acids is 2. The van der Waals surface area contributed by atoms with Gasteiger partial charge in [0.05, 0.1) is 0 Å². The molecule has 26 heavy (non-hydrogen) atoms. The number of nitrogens with zero attached hydrogens (tertiary/aromatic N) is 1. The number of rotatable bonds is 6. The highest BCUT2D eigenvalue weighted by Gasteiger charge is 2.22. The van der Waals surface area contributed by atoms with E-state index in [1.54, 1.807) is 24.3 Å². The van der Waals surface area contributed by atoms with Crippen LogP contribution < -0.4 is 5.32 Å². The minimum atomic E-state index is -0.0412. The molecule has 0 aliphatic carbocycles. The first-order chi connectivity index (χ1) is 12.4. The van der Waals surface area contributed by atoms with Crippen molar-refractivity contribution in [2.24, 2.45) is 5.92 Å². The number of ketones is 1. The van der Waals surface area contributed by atoms with Crippen LogP contribution in [-0.2, 0) is 0 Å². The zero-order chi connectivity index (χ0) is 19.7. The Kier molecular flexibility index (Phi) is 9.57. The van der Waals surface area contributed by atoms with Crippen LogP contribution in [0.15, 0.2) is 24.3 Å². The van der Waals surface area contributed by atoms with Gasteiger partial charge < -0.3 is 10.2 Å². The largest absolute Gasteiger partial charge is 0.349 e. The predicted molar refractivity (Wildman–Crippen MR) is 111 cm³/mol. The molecule has 1 fully saturated rings. The minimum Gasteiger partial charge on any atom is -0.349 e. The average molecular weight is 363 g/mol. The molecule has 1 unspecified atom stereocenters. The number of benzene rings is 1. The van der Waals surface area contributed by atoms with E-state index >= 15 is 0 Å². The molecule has 1 aromatic carbocycles. The monoisotopic (exact) mass is 362 g/mol. The molecule has 4 heteroatoms. The van der Waals surface area contributed by atoms with E-state index in [-0.39, 0.29) is 25.1 Å². The number of hydrogen-bond acceptors (Lipinski definition) is 3. The van der Waals surface area contributed by atoms with E-state index in [0.29, 0.717) is 17.2 Å². The second-order valence-corrected chi connectivity index (χ2v) is 7.13. The van der Waals surface area contributed by atoms with Crippen LogP contribution in [0.3, 0.4) is 0 Å². The van der Waals surface area contributed by atoms with E-state index in [1.165, 1.54) is 0 Å². The summed E-state index contributed by atoms with van der Waals surface area (Å²) in [5.41, 5.74) is 1.31. The number of hydrogen-bond donors (Lipinski definition) is 1. The average Bonchev–Trinajstić information content (AvgIpc) is 2.68. The number of amides is 1. The second-order valence-electron chi connectivity index (χ2n) is 7.13. The Hall–Kier alpha value is -1.68. The Morgan fingerprint density at radius 1 is 1.08 bits per heavy atom. The minimum absolute atomic E-state index is 0. The van der Waals surface area contributed by atoms with Gasteiger partial charge in [0, 0.05) is 43.6 Å². The van der Waals surface area contributed by atoms with Crippen molar-refractivity contribution in [2.45, 2.75) is 72.9 Å². The van der Waals surface area contributed by atoms with Gasteiger partial charge in [-0.2, -0.15) is 0 Å². The molecule has 0 radical (unpaired) electrons. The van der Waals surface area contributed by atoms with E-state index in [1.807, 2.05) is 27.7 Å². The maximum atomic E-state index is 12.4. The summed E-state index contributed by atoms with van der Waals surface area (Å²) in [6.07, 6.45) is 2.82. The van der Waals surface area contributed by atoms with Crippen molar-refractivity contribution in [1.29, 1.82) is 0 Å². The molecule has 1 aliphatic heterocycles. The van der Waals surface area contributed by atoms with Crippen LogP contribution in [0.2, 0.25) is 0 Å². The van der Waals surface area contributed by atoms with Crippen molar-refractivity contribution in [2.75, 3.05) is 13.1 Å². The van der Waals surface area contributed by atoms with E-state index in [9.17, 15) is 9.59 Å². The Balaban J connectivity index is 0.00000218. The quantitative estimate of drug-likeness (QED) is 0.740. The van der Waals surface area contributed by atoms with Crippen molar-refractivity contribution in [3.05, 3.63) is 35.4 Å². The molecule has 1 amide bonds. The fourth-order valence-electron chi connectivity index (χ4n) is 3.08. The van der Waals surface area contributed by atoms with Crippen LogP contribution in [0, 0.1) is 5.92 Å². The topological polar surface area (TPSA) is 49.4 Å². The van der Waals surface area contributed by atoms with Gasteiger partial charge in [-0.15, -0.1) is 0 Å². The third kappa shape index (κ3) is 6.24. The van der Waals surface area contributed by atoms with Crippen molar-refractivity contribution < 1.29 is 11.0 Å². The molecular formula is C22H38N2O2. The number of likely N-dealkylation sites (tertiary alicyclic amines) is 1. The van der Waals surface area contributed by atoms with Gasteiger partial charge >= 0.3 is 0 Å². The predicted octanol–water partition coefficient (Wildman–Crippen LogP) is 4.79. The number of nitrogens with one attached hydrogen (secondary N) is 1. The number of piperidine rings is 1. The molecule has 1 atom stereocenters. The molecule has 0 bridgehead atoms. The summed E-state index contributed by atoms with van der Waals surface area (Å²) in [5, 5.41) is 3.13. The SMILES string of the molecule is CC.CCC(C)C(=O)c1ccc(C(=O)NC2CCN(C(C)C)CC2)cc1.[HH]. The summed E-state index contributed by atoms with van der Waals surface area (Å²) < 4.78 is 0. The molecule has 1 aliphatic rings. The lowest BCUT2D eigenvalue weighted by Crippen LogP contribution is -2.46. The van der Waals surface area contributed by atoms with Crippen LogP contribution >= 0.6 is 0 Å². The molecule has 0 saturated carbocycles. The highest BCUT2D eigenvalue weighted by Crippen LogP contribution is 2.15. The molecule has 148 valence electrons. The van der Waals surface area contributed by atoms with Gasteiger partial charge in [0.2, 0.25) is 0 Å². The van der Waals surface area contributed by atoms with Gasteiger partial charge in [-0.1, -0.05) is 39.8 Å². The Bertz CT molecular complexity index is 564. The summed E-state index contributed by atoms with van der Waals surface area (Å²) >= 11 is 0. The normalized spacial score (nSPS) is 16.6. The van der Waals surface area contributed by atoms with Crippen LogP contribution in [0.25, 0.3) is 0 Å². The molecule has 0 aromatic heterocycles. The van der Waals surface area contributed by atoms with Gasteiger partial charge in [0.15, 0.2) is 5.78 Å². The van der Waals surface area contributed by atoms with E-state index < -0.39 is 0 Å². The maximum absolute atomic E-state index is 12.4. The second kappa shape index (κ2) is 11.1. The molecule has 1 N–H and O–H groups in total. The first kappa shape index (κ1) is 22.4. The van der Waals surface area contributed by atoms with Gasteiger partial charge in [-0.05, 0) is 45.2 Å². The summed E-state index contributed by atoms with van der Waals surface area (Å²) in [6.45, 7) is 14.4. The van der Waals surface area contributed by atoms with Gasteiger partial charge in [-0.3, -0.25) is 9.59 Å². The zero-order valence-corrected chi connectivity index (χ0v) is 17.3. The fraction of sp³-hybridized carbons (Fsp3) is 0.636. The van der Waals surface area contributed by atoms with E-state index in [0.717, 1.165) is 32.4 Å². The van der Waals surface area contributed by atoms with Crippen LogP contribution in [0.5, 0.6) is 0 Å². The highest BCUT2D eigenvalue weighted by molar-refractivity contribution is 5.99. The standard InChI is InChI=1S/C20H30N2O2.C2H6.H2/c1-5-15(4)19(23)16-6-8-17(9-7-16)20(24)21-18-10-12-22(13-11-18)14(2)3;1-2;/h6-9,14-15,18H,5,10-13H2,1-4H3,(H,21,24);1-2H3;1H. The Labute approximate surface area is 160 Å². The molecule has 1 aromatic rings. The third-order valence-electron chi connectivity index (χ3n) is 5.09. The van der Waals surface area contributed by atoms with Gasteiger partial charge in [-0.25, -0.2) is 0 Å². The first-order valence-corrected chi connectivity index (χ1v) is 10.1. The number of Topliss-reactive ketones (excluding diaryl/α,β-unsaturated/α-hetero) is 1. The molecule has 0 spiro atoms. The molecule has 1 heterocycles. The maximum Gasteiger partial charge on any atom is 0.251 e. The molecule has 4 nitrogen and oxygen atoms in total. The lowest BCUT2D eigenvalue weighted by Gasteiger charge is -2.34. The fourth-order valence-corrected chi connectivity index (χ4v) is 3.08. The smallest absolute Gasteiger partial charge is 0.251 e. The van der Waals surface area contributed by atoms with Crippen molar-refractivity contribution in [3.8, 4) is 0 Å². The van der Waals surface area contributed by atoms with Crippen molar-refractivity contribution >= 4 is 11.7 Å². The van der Waals surface area contributed by atoms with E-state index in [4.69, 9.17) is 0 Å². The van der Waals surface area contributed by atoms with Crippen molar-refractivity contribution in [1.82, 2.24) is 10.2 Å². The van der Waals surface area contributed by atoms with Gasteiger partial charge in [0.1, 0.15) is 0 Å². The molecule has 2 rings (SSSR count). The van der Waals surface area contributed by atoms with Crippen LogP contribution in [-0.4, -0.2) is 41.8 Å². The molecule has 1 saturated heterocycles. The Morgan fingerprint density at radius 2 is 1.58 bits per heavy atom. The summed E-state index contributed by atoms with van der Waals surface area (Å²) in [7, 11) is 0. The zero-order valence-electron chi connectivity index (χ0n) is 17.3. The molecular weight excluding hydrogens is 324 g/mol. The summed E-state index contributed by atoms with van der Waals surface area (Å²) in [4.78, 5) is 27.0. The van der Waals surface area contributed by atoms with Crippen LogP contribution in [0.1, 0.15) is 82.9 Å². The van der Waals surface area contributed by atoms with Gasteiger partial charge in [0.25, 0.3) is 5.91 Å². The first-order valence-electron chi connectivity index (χ1n) is 10.1. The summed E-state index contributed by atoms with van der Waals surface area (Å²) in [5.74, 6) is 0.127. The lowest BCUT2D eigenvalue weighted by molar-refractivity contribution is 0.0896. The van der Waals surface area contributed by atoms with Crippen molar-refractivity contribution in [3.63, 3.8) is 0 Å². The Morgan fingerprint density at radius 3 is 2.04 bits per heavy atom. The third-order valence-corrected chi connectivity index (χ3v) is 5.09. The summed E-state index contributed by atoms with van der Waals surface area (Å²) in [6, 6.07) is 7.86. The highest BCUT2D eigenvalue weighted by atomic mass is 16.1.